The van der Waals surface area contributed by atoms with Crippen LogP contribution in [0.1, 0.15) is 0 Å². The van der Waals surface area contributed by atoms with Gasteiger partial charge in [0.2, 0.25) is 0 Å². The first kappa shape index (κ1) is 24.6. The Labute approximate surface area is 199 Å². The van der Waals surface area contributed by atoms with Gasteiger partial charge in [0.25, 0.3) is 25.7 Å². The SMILES string of the molecule is COc1ccc(S(=O)(=O)Nc2ccccc2Cl)cc1NS(=O)(=O)c1ccc(Cl)c([N+](=O)[O-])c1. The summed E-state index contributed by atoms with van der Waals surface area (Å²) in [7, 11) is -7.27. The summed E-state index contributed by atoms with van der Waals surface area (Å²) in [6.45, 7) is 0. The standard InChI is InChI=1S/C19H15Cl2N3O7S2/c1-31-19-9-7-12(32(27,28)22-16-5-3-2-4-14(16)20)10-17(19)23-33(29,30)13-6-8-15(21)18(11-13)24(25)26/h2-11,22-23H,1H3. The Morgan fingerprint density at radius 2 is 1.39 bits per heavy atom. The number of rotatable bonds is 8. The first-order chi connectivity index (χ1) is 15.4. The maximum atomic E-state index is 12.8. The quantitative estimate of drug-likeness (QED) is 0.321. The van der Waals surface area contributed by atoms with Gasteiger partial charge in [0.05, 0.1) is 38.2 Å². The van der Waals surface area contributed by atoms with Crippen LogP contribution in [0.25, 0.3) is 0 Å². The minimum atomic E-state index is -4.38. The minimum Gasteiger partial charge on any atom is -0.495 e. The molecule has 0 aromatic heterocycles. The fourth-order valence-corrected chi connectivity index (χ4v) is 5.30. The molecule has 0 saturated heterocycles. The van der Waals surface area contributed by atoms with E-state index in [2.05, 4.69) is 9.44 Å². The van der Waals surface area contributed by atoms with Crippen molar-refractivity contribution >= 4 is 60.3 Å². The third kappa shape index (κ3) is 5.47. The summed E-state index contributed by atoms with van der Waals surface area (Å²) < 4.78 is 60.9. The number of methoxy groups -OCH3 is 1. The van der Waals surface area contributed by atoms with Crippen LogP contribution < -0.4 is 14.2 Å². The van der Waals surface area contributed by atoms with E-state index < -0.39 is 35.6 Å². The number of nitrogens with zero attached hydrogens (tertiary/aromatic N) is 1. The average Bonchev–Trinajstić information content (AvgIpc) is 2.75. The van der Waals surface area contributed by atoms with E-state index in [-0.39, 0.29) is 32.1 Å². The van der Waals surface area contributed by atoms with Gasteiger partial charge >= 0.3 is 0 Å². The number of halogens is 2. The molecule has 0 heterocycles. The smallest absolute Gasteiger partial charge is 0.289 e. The molecule has 3 aromatic carbocycles. The molecule has 174 valence electrons. The van der Waals surface area contributed by atoms with Gasteiger partial charge in [-0.2, -0.15) is 0 Å². The number of para-hydroxylation sites is 1. The topological polar surface area (TPSA) is 145 Å². The molecule has 3 aromatic rings. The first-order valence-electron chi connectivity index (χ1n) is 8.87. The summed E-state index contributed by atoms with van der Waals surface area (Å²) in [5, 5.41) is 11.0. The molecule has 0 radical (unpaired) electrons. The lowest BCUT2D eigenvalue weighted by atomic mass is 10.3. The van der Waals surface area contributed by atoms with Gasteiger partial charge in [0, 0.05) is 6.07 Å². The van der Waals surface area contributed by atoms with Crippen LogP contribution in [0.15, 0.2) is 70.5 Å². The Morgan fingerprint density at radius 1 is 0.818 bits per heavy atom. The molecule has 2 N–H and O–H groups in total. The summed E-state index contributed by atoms with van der Waals surface area (Å²) in [6.07, 6.45) is 0. The van der Waals surface area contributed by atoms with Gasteiger partial charge in [0.1, 0.15) is 10.8 Å². The zero-order valence-electron chi connectivity index (χ0n) is 16.7. The lowest BCUT2D eigenvalue weighted by molar-refractivity contribution is -0.384. The maximum absolute atomic E-state index is 12.8. The number of nitro benzene ring substituents is 1. The van der Waals surface area contributed by atoms with E-state index in [0.29, 0.717) is 0 Å². The number of hydrogen-bond donors (Lipinski definition) is 2. The molecule has 0 bridgehead atoms. The molecule has 0 fully saturated rings. The van der Waals surface area contributed by atoms with E-state index in [4.69, 9.17) is 27.9 Å². The predicted octanol–water partition coefficient (Wildman–Crippen LogP) is 4.51. The summed E-state index contributed by atoms with van der Waals surface area (Å²) in [6, 6.07) is 12.6. The fraction of sp³-hybridized carbons (Fsp3) is 0.0526. The molecule has 0 spiro atoms. The van der Waals surface area contributed by atoms with Crippen molar-refractivity contribution in [3.05, 3.63) is 80.8 Å². The van der Waals surface area contributed by atoms with Gasteiger partial charge in [-0.25, -0.2) is 16.8 Å². The van der Waals surface area contributed by atoms with E-state index >= 15 is 0 Å². The lowest BCUT2D eigenvalue weighted by Gasteiger charge is -2.15. The van der Waals surface area contributed by atoms with Crippen molar-refractivity contribution in [1.29, 1.82) is 0 Å². The Morgan fingerprint density at radius 3 is 2.00 bits per heavy atom. The molecule has 3 rings (SSSR count). The zero-order chi connectivity index (χ0) is 24.4. The molecule has 0 aliphatic carbocycles. The van der Waals surface area contributed by atoms with Crippen LogP contribution in [0, 0.1) is 10.1 Å². The predicted molar refractivity (Wildman–Crippen MR) is 124 cm³/mol. The van der Waals surface area contributed by atoms with Gasteiger partial charge in [-0.1, -0.05) is 35.3 Å². The summed E-state index contributed by atoms with van der Waals surface area (Å²) in [5.41, 5.74) is -0.686. The number of benzene rings is 3. The number of sulfonamides is 2. The molecule has 0 unspecified atom stereocenters. The van der Waals surface area contributed by atoms with Crippen LogP contribution in [0.5, 0.6) is 5.75 Å². The molecule has 0 aliphatic rings. The normalized spacial score (nSPS) is 11.6. The Bertz CT molecular complexity index is 1450. The van der Waals surface area contributed by atoms with Crippen LogP contribution in [0.2, 0.25) is 10.0 Å². The Kier molecular flexibility index (Phi) is 7.03. The molecular formula is C19H15Cl2N3O7S2. The lowest BCUT2D eigenvalue weighted by Crippen LogP contribution is -2.16. The molecule has 0 aliphatic heterocycles. The van der Waals surface area contributed by atoms with Crippen LogP contribution in [-0.2, 0) is 20.0 Å². The number of hydrogen-bond acceptors (Lipinski definition) is 7. The van der Waals surface area contributed by atoms with E-state index in [9.17, 15) is 26.9 Å². The van der Waals surface area contributed by atoms with Crippen molar-refractivity contribution in [2.75, 3.05) is 16.6 Å². The van der Waals surface area contributed by atoms with Crippen molar-refractivity contribution in [2.24, 2.45) is 0 Å². The second kappa shape index (κ2) is 9.43. The summed E-state index contributed by atoms with van der Waals surface area (Å²) >= 11 is 11.7. The molecular weight excluding hydrogens is 517 g/mol. The highest BCUT2D eigenvalue weighted by Gasteiger charge is 2.24. The van der Waals surface area contributed by atoms with Gasteiger partial charge in [-0.15, -0.1) is 0 Å². The number of nitro groups is 1. The number of ether oxygens (including phenoxy) is 1. The highest BCUT2D eigenvalue weighted by atomic mass is 35.5. The van der Waals surface area contributed by atoms with Crippen molar-refractivity contribution in [3.8, 4) is 5.75 Å². The maximum Gasteiger partial charge on any atom is 0.289 e. The highest BCUT2D eigenvalue weighted by molar-refractivity contribution is 7.93. The van der Waals surface area contributed by atoms with E-state index in [1.165, 1.54) is 31.4 Å². The molecule has 14 heteroatoms. The summed E-state index contributed by atoms with van der Waals surface area (Å²) in [5.74, 6) is 0.0127. The number of nitrogens with one attached hydrogen (secondary N) is 2. The van der Waals surface area contributed by atoms with Crippen molar-refractivity contribution < 1.29 is 26.5 Å². The van der Waals surface area contributed by atoms with Crippen LogP contribution in [0.3, 0.4) is 0 Å². The second-order valence-corrected chi connectivity index (χ2v) is 10.6. The Balaban J connectivity index is 2.00. The van der Waals surface area contributed by atoms with Gasteiger partial charge in [-0.3, -0.25) is 19.6 Å². The zero-order valence-corrected chi connectivity index (χ0v) is 19.8. The van der Waals surface area contributed by atoms with Crippen LogP contribution in [-0.4, -0.2) is 28.9 Å². The molecule has 0 amide bonds. The molecule has 0 saturated carbocycles. The largest absolute Gasteiger partial charge is 0.495 e. The third-order valence-corrected chi connectivity index (χ3v) is 7.64. The second-order valence-electron chi connectivity index (χ2n) is 6.42. The molecule has 33 heavy (non-hydrogen) atoms. The van der Waals surface area contributed by atoms with Crippen molar-refractivity contribution in [3.63, 3.8) is 0 Å². The van der Waals surface area contributed by atoms with Crippen molar-refractivity contribution in [2.45, 2.75) is 9.79 Å². The summed E-state index contributed by atoms with van der Waals surface area (Å²) in [4.78, 5) is 9.52. The van der Waals surface area contributed by atoms with Crippen molar-refractivity contribution in [1.82, 2.24) is 0 Å². The first-order valence-corrected chi connectivity index (χ1v) is 12.6. The minimum absolute atomic E-state index is 0.0127. The Hall–Kier alpha value is -3.06. The fourth-order valence-electron chi connectivity index (χ4n) is 2.68. The molecule has 0 atom stereocenters. The van der Waals surface area contributed by atoms with E-state index in [0.717, 1.165) is 24.3 Å². The van der Waals surface area contributed by atoms with Gasteiger partial charge < -0.3 is 4.74 Å². The van der Waals surface area contributed by atoms with Gasteiger partial charge in [-0.05, 0) is 42.5 Å². The highest BCUT2D eigenvalue weighted by Crippen LogP contribution is 2.33. The average molecular weight is 532 g/mol. The van der Waals surface area contributed by atoms with E-state index in [1.807, 2.05) is 0 Å². The van der Waals surface area contributed by atoms with Gasteiger partial charge in [0.15, 0.2) is 0 Å². The third-order valence-electron chi connectivity index (χ3n) is 4.27. The number of anilines is 2. The molecule has 10 nitrogen and oxygen atoms in total. The van der Waals surface area contributed by atoms with Crippen LogP contribution in [0.4, 0.5) is 17.1 Å². The van der Waals surface area contributed by atoms with E-state index in [1.54, 1.807) is 12.1 Å². The monoisotopic (exact) mass is 531 g/mol. The van der Waals surface area contributed by atoms with Crippen LogP contribution >= 0.6 is 23.2 Å².